The van der Waals surface area contributed by atoms with Crippen LogP contribution in [0.25, 0.3) is 0 Å². The number of benzene rings is 1. The highest BCUT2D eigenvalue weighted by molar-refractivity contribution is 9.10. The quantitative estimate of drug-likeness (QED) is 0.867. The fourth-order valence-electron chi connectivity index (χ4n) is 3.75. The Labute approximate surface area is 135 Å². The van der Waals surface area contributed by atoms with Gasteiger partial charge in [0.05, 0.1) is 0 Å². The Morgan fingerprint density at radius 3 is 2.38 bits per heavy atom. The maximum absolute atomic E-state index is 5.84. The van der Waals surface area contributed by atoms with Crippen molar-refractivity contribution in [2.45, 2.75) is 44.9 Å². The molecule has 0 saturated heterocycles. The van der Waals surface area contributed by atoms with E-state index in [1.807, 2.05) is 6.07 Å². The van der Waals surface area contributed by atoms with Gasteiger partial charge in [-0.1, -0.05) is 28.8 Å². The zero-order valence-electron chi connectivity index (χ0n) is 12.5. The summed E-state index contributed by atoms with van der Waals surface area (Å²) in [6.45, 7) is 2.09. The molecule has 0 unspecified atom stereocenters. The van der Waals surface area contributed by atoms with Gasteiger partial charge in [0.2, 0.25) is 0 Å². The van der Waals surface area contributed by atoms with Crippen molar-refractivity contribution in [2.24, 2.45) is 11.1 Å². The molecule has 0 atom stereocenters. The second-order valence-corrected chi connectivity index (χ2v) is 7.19. The van der Waals surface area contributed by atoms with E-state index in [1.54, 1.807) is 0 Å². The molecule has 1 aromatic carbocycles. The van der Waals surface area contributed by atoms with Gasteiger partial charge in [0.15, 0.2) is 11.5 Å². The highest BCUT2D eigenvalue weighted by Crippen LogP contribution is 2.45. The molecule has 3 nitrogen and oxygen atoms in total. The molecule has 0 amide bonds. The summed E-state index contributed by atoms with van der Waals surface area (Å²) >= 11 is 3.68. The van der Waals surface area contributed by atoms with Crippen molar-refractivity contribution in [1.29, 1.82) is 0 Å². The molecule has 1 aromatic rings. The molecule has 2 aliphatic rings. The first-order valence-electron chi connectivity index (χ1n) is 8.01. The fraction of sp³-hybridized carbons (Fsp3) is 0.647. The Morgan fingerprint density at radius 2 is 1.71 bits per heavy atom. The van der Waals surface area contributed by atoms with Crippen LogP contribution in [0.15, 0.2) is 16.6 Å². The molecule has 1 fully saturated rings. The molecule has 1 heterocycles. The standard InChI is InChI=1S/C17H24BrNO2/c18-14-12-16-15(20-9-10-21-16)11-13(14)3-6-17(7-8-19)4-1-2-5-17/h11-12H,1-10,19H2. The van der Waals surface area contributed by atoms with Crippen LogP contribution in [0, 0.1) is 5.41 Å². The normalized spacial score (nSPS) is 19.7. The number of rotatable bonds is 5. The Kier molecular flexibility index (Phi) is 4.75. The third-order valence-corrected chi connectivity index (χ3v) is 5.71. The van der Waals surface area contributed by atoms with Gasteiger partial charge in [-0.15, -0.1) is 0 Å². The highest BCUT2D eigenvalue weighted by Gasteiger charge is 2.32. The second kappa shape index (κ2) is 6.57. The summed E-state index contributed by atoms with van der Waals surface area (Å²) in [6, 6.07) is 4.19. The zero-order valence-corrected chi connectivity index (χ0v) is 14.1. The second-order valence-electron chi connectivity index (χ2n) is 6.33. The lowest BCUT2D eigenvalue weighted by Gasteiger charge is -2.29. The van der Waals surface area contributed by atoms with Crippen LogP contribution >= 0.6 is 15.9 Å². The van der Waals surface area contributed by atoms with E-state index in [0.717, 1.165) is 35.4 Å². The summed E-state index contributed by atoms with van der Waals surface area (Å²) in [7, 11) is 0. The van der Waals surface area contributed by atoms with E-state index < -0.39 is 0 Å². The molecule has 116 valence electrons. The first kappa shape index (κ1) is 15.2. The lowest BCUT2D eigenvalue weighted by molar-refractivity contribution is 0.171. The van der Waals surface area contributed by atoms with E-state index in [2.05, 4.69) is 22.0 Å². The number of ether oxygens (including phenoxy) is 2. The molecule has 0 aromatic heterocycles. The highest BCUT2D eigenvalue weighted by atomic mass is 79.9. The average molecular weight is 354 g/mol. The Morgan fingerprint density at radius 1 is 1.05 bits per heavy atom. The van der Waals surface area contributed by atoms with Crippen molar-refractivity contribution < 1.29 is 9.47 Å². The first-order valence-corrected chi connectivity index (χ1v) is 8.80. The fourth-order valence-corrected chi connectivity index (χ4v) is 4.27. The molecule has 0 radical (unpaired) electrons. The number of nitrogens with two attached hydrogens (primary N) is 1. The van der Waals surface area contributed by atoms with Gasteiger partial charge in [0.25, 0.3) is 0 Å². The largest absolute Gasteiger partial charge is 0.486 e. The molecule has 1 aliphatic carbocycles. The van der Waals surface area contributed by atoms with Crippen LogP contribution in [0.2, 0.25) is 0 Å². The topological polar surface area (TPSA) is 44.5 Å². The minimum atomic E-state index is 0.474. The van der Waals surface area contributed by atoms with E-state index in [9.17, 15) is 0 Å². The van der Waals surface area contributed by atoms with Crippen molar-refractivity contribution in [3.8, 4) is 11.5 Å². The van der Waals surface area contributed by atoms with Gasteiger partial charge in [-0.25, -0.2) is 0 Å². The average Bonchev–Trinajstić information content (AvgIpc) is 2.94. The van der Waals surface area contributed by atoms with E-state index in [-0.39, 0.29) is 0 Å². The first-order chi connectivity index (χ1) is 10.2. The monoisotopic (exact) mass is 353 g/mol. The van der Waals surface area contributed by atoms with Crippen molar-refractivity contribution in [1.82, 2.24) is 0 Å². The maximum atomic E-state index is 5.84. The van der Waals surface area contributed by atoms with Crippen LogP contribution in [0.3, 0.4) is 0 Å². The van der Waals surface area contributed by atoms with Crippen LogP contribution in [-0.4, -0.2) is 19.8 Å². The number of fused-ring (bicyclic) bond motifs is 1. The number of halogens is 1. The lowest BCUT2D eigenvalue weighted by atomic mass is 9.77. The molecule has 1 saturated carbocycles. The molecule has 0 bridgehead atoms. The Hall–Kier alpha value is -0.740. The number of hydrogen-bond acceptors (Lipinski definition) is 3. The minimum absolute atomic E-state index is 0.474. The van der Waals surface area contributed by atoms with Gasteiger partial charge in [0.1, 0.15) is 13.2 Å². The smallest absolute Gasteiger partial charge is 0.162 e. The van der Waals surface area contributed by atoms with Crippen LogP contribution < -0.4 is 15.2 Å². The zero-order chi connectivity index (χ0) is 14.7. The van der Waals surface area contributed by atoms with Crippen LogP contribution in [0.4, 0.5) is 0 Å². The molecule has 1 aliphatic heterocycles. The predicted octanol–water partition coefficient (Wildman–Crippen LogP) is 4.06. The molecule has 0 spiro atoms. The lowest BCUT2D eigenvalue weighted by Crippen LogP contribution is -2.22. The van der Waals surface area contributed by atoms with E-state index in [0.29, 0.717) is 18.6 Å². The predicted molar refractivity (Wildman–Crippen MR) is 88.0 cm³/mol. The van der Waals surface area contributed by atoms with E-state index in [1.165, 1.54) is 37.7 Å². The van der Waals surface area contributed by atoms with Gasteiger partial charge < -0.3 is 15.2 Å². The third kappa shape index (κ3) is 3.37. The van der Waals surface area contributed by atoms with Crippen LogP contribution in [0.1, 0.15) is 44.1 Å². The van der Waals surface area contributed by atoms with Crippen molar-refractivity contribution >= 4 is 15.9 Å². The van der Waals surface area contributed by atoms with Gasteiger partial charge in [-0.2, -0.15) is 0 Å². The summed E-state index contributed by atoms with van der Waals surface area (Å²) in [6.07, 6.45) is 8.87. The summed E-state index contributed by atoms with van der Waals surface area (Å²) < 4.78 is 12.5. The maximum Gasteiger partial charge on any atom is 0.162 e. The molecule has 2 N–H and O–H groups in total. The number of hydrogen-bond donors (Lipinski definition) is 1. The van der Waals surface area contributed by atoms with Gasteiger partial charge >= 0.3 is 0 Å². The van der Waals surface area contributed by atoms with Crippen LogP contribution in [-0.2, 0) is 6.42 Å². The Balaban J connectivity index is 1.72. The number of aryl methyl sites for hydroxylation is 1. The van der Waals surface area contributed by atoms with Crippen molar-refractivity contribution in [2.75, 3.05) is 19.8 Å². The summed E-state index contributed by atoms with van der Waals surface area (Å²) in [4.78, 5) is 0. The molecular weight excluding hydrogens is 330 g/mol. The molecular formula is C17H24BrNO2. The van der Waals surface area contributed by atoms with E-state index in [4.69, 9.17) is 15.2 Å². The SMILES string of the molecule is NCCC1(CCc2cc3c(cc2Br)OCCO3)CCCC1. The van der Waals surface area contributed by atoms with Gasteiger partial charge in [-0.3, -0.25) is 0 Å². The van der Waals surface area contributed by atoms with Gasteiger partial charge in [0, 0.05) is 4.47 Å². The summed E-state index contributed by atoms with van der Waals surface area (Å²) in [5, 5.41) is 0. The van der Waals surface area contributed by atoms with Crippen molar-refractivity contribution in [3.05, 3.63) is 22.2 Å². The molecule has 21 heavy (non-hydrogen) atoms. The summed E-state index contributed by atoms with van der Waals surface area (Å²) in [5.74, 6) is 1.74. The summed E-state index contributed by atoms with van der Waals surface area (Å²) in [5.41, 5.74) is 7.63. The van der Waals surface area contributed by atoms with Crippen molar-refractivity contribution in [3.63, 3.8) is 0 Å². The molecule has 3 rings (SSSR count). The van der Waals surface area contributed by atoms with E-state index >= 15 is 0 Å². The van der Waals surface area contributed by atoms with Gasteiger partial charge in [-0.05, 0) is 61.8 Å². The Bertz CT molecular complexity index is 498. The van der Waals surface area contributed by atoms with Crippen LogP contribution in [0.5, 0.6) is 11.5 Å². The third-order valence-electron chi connectivity index (χ3n) is 4.97. The minimum Gasteiger partial charge on any atom is -0.486 e. The molecule has 4 heteroatoms.